The number of amides is 3. The molecule has 0 rings (SSSR count). The molecule has 0 heterocycles. The molecular weight excluding hydrogens is 502 g/mol. The van der Waals surface area contributed by atoms with Crippen molar-refractivity contribution in [3.63, 3.8) is 0 Å². The Balaban J connectivity index is 5.46. The lowest BCUT2D eigenvalue weighted by Gasteiger charge is -2.25. The number of carbonyl (C=O) groups excluding carboxylic acids is 3. The van der Waals surface area contributed by atoms with Gasteiger partial charge in [0.2, 0.25) is 17.7 Å². The third-order valence-electron chi connectivity index (χ3n) is 4.63. The molecule has 14 nitrogen and oxygen atoms in total. The zero-order valence-corrected chi connectivity index (χ0v) is 21.1. The van der Waals surface area contributed by atoms with Crippen LogP contribution in [-0.4, -0.2) is 94.3 Å². The highest BCUT2D eigenvalue weighted by Crippen LogP contribution is 2.06. The number of hydrogen-bond acceptors (Lipinski definition) is 9. The smallest absolute Gasteiger partial charge is 0.327 e. The molecule has 4 atom stereocenters. The van der Waals surface area contributed by atoms with Crippen molar-refractivity contribution in [3.05, 3.63) is 0 Å². The van der Waals surface area contributed by atoms with Crippen molar-refractivity contribution in [3.8, 4) is 0 Å². The highest BCUT2D eigenvalue weighted by atomic mass is 32.2. The minimum atomic E-state index is -1.29. The number of thiol groups is 1. The number of nitrogens with two attached hydrogens (primary N) is 3. The van der Waals surface area contributed by atoms with E-state index in [0.717, 1.165) is 0 Å². The molecule has 0 aromatic carbocycles. The lowest BCUT2D eigenvalue weighted by Crippen LogP contribution is -2.57. The first-order chi connectivity index (χ1) is 16.4. The van der Waals surface area contributed by atoms with Gasteiger partial charge in [0, 0.05) is 18.7 Å². The first-order valence-electron chi connectivity index (χ1n) is 10.7. The predicted octanol–water partition coefficient (Wildman–Crippen LogP) is -2.55. The molecular formula is C19H35N7O7S2. The Labute approximate surface area is 213 Å². The number of carbonyl (C=O) groups is 5. The van der Waals surface area contributed by atoms with Gasteiger partial charge in [0.05, 0.1) is 6.04 Å². The highest BCUT2D eigenvalue weighted by Gasteiger charge is 2.29. The Morgan fingerprint density at radius 2 is 1.46 bits per heavy atom. The first kappa shape index (κ1) is 32.3. The number of carboxylic acids is 2. The number of nitrogens with one attached hydrogen (secondary N) is 3. The average molecular weight is 538 g/mol. The van der Waals surface area contributed by atoms with E-state index in [4.69, 9.17) is 22.3 Å². The lowest BCUT2D eigenvalue weighted by molar-refractivity contribution is -0.141. The summed E-state index contributed by atoms with van der Waals surface area (Å²) in [6.45, 7) is 0.169. The Hall–Kier alpha value is -2.72. The van der Waals surface area contributed by atoms with Crippen molar-refractivity contribution < 1.29 is 34.2 Å². The number of rotatable bonds is 18. The summed E-state index contributed by atoms with van der Waals surface area (Å²) >= 11 is 5.33. The Bertz CT molecular complexity index is 766. The van der Waals surface area contributed by atoms with Gasteiger partial charge in [-0.15, -0.1) is 0 Å². The molecule has 3 amide bonds. The zero-order valence-electron chi connectivity index (χ0n) is 19.4. The van der Waals surface area contributed by atoms with Crippen LogP contribution in [0.15, 0.2) is 4.99 Å². The summed E-state index contributed by atoms with van der Waals surface area (Å²) in [6, 6.07) is -4.62. The molecule has 0 bridgehead atoms. The number of hydrogen-bond donors (Lipinski definition) is 9. The zero-order chi connectivity index (χ0) is 27.0. The maximum Gasteiger partial charge on any atom is 0.327 e. The summed E-state index contributed by atoms with van der Waals surface area (Å²) in [5.41, 5.74) is 16.3. The topological polar surface area (TPSA) is 252 Å². The maximum absolute atomic E-state index is 13.0. The Morgan fingerprint density at radius 1 is 0.914 bits per heavy atom. The van der Waals surface area contributed by atoms with Gasteiger partial charge in [0.25, 0.3) is 0 Å². The van der Waals surface area contributed by atoms with Gasteiger partial charge < -0.3 is 43.4 Å². The molecule has 0 aromatic rings. The van der Waals surface area contributed by atoms with E-state index in [1.54, 1.807) is 6.26 Å². The monoisotopic (exact) mass is 537 g/mol. The molecule has 16 heteroatoms. The number of aliphatic carboxylic acids is 2. The molecule has 11 N–H and O–H groups in total. The molecule has 0 aliphatic heterocycles. The van der Waals surface area contributed by atoms with Crippen molar-refractivity contribution in [1.82, 2.24) is 16.0 Å². The van der Waals surface area contributed by atoms with E-state index >= 15 is 0 Å². The van der Waals surface area contributed by atoms with Crippen molar-refractivity contribution in [1.29, 1.82) is 0 Å². The highest BCUT2D eigenvalue weighted by molar-refractivity contribution is 7.98. The summed E-state index contributed by atoms with van der Waals surface area (Å²) in [5.74, 6) is -4.37. The maximum atomic E-state index is 13.0. The summed E-state index contributed by atoms with van der Waals surface area (Å²) in [4.78, 5) is 63.9. The van der Waals surface area contributed by atoms with Gasteiger partial charge in [-0.05, 0) is 37.7 Å². The SMILES string of the molecule is CSCCC(NC(=O)C(N)CCC(=O)O)C(=O)NC(CCCN=C(N)N)C(=O)NC(CS)C(=O)O. The number of carboxylic acid groups (broad SMARTS) is 2. The third-order valence-corrected chi connectivity index (χ3v) is 5.63. The lowest BCUT2D eigenvalue weighted by atomic mass is 10.1. The largest absolute Gasteiger partial charge is 0.481 e. The minimum Gasteiger partial charge on any atom is -0.481 e. The summed E-state index contributed by atoms with van der Waals surface area (Å²) in [7, 11) is 0. The molecule has 0 saturated heterocycles. The van der Waals surface area contributed by atoms with Crippen LogP contribution in [0.2, 0.25) is 0 Å². The van der Waals surface area contributed by atoms with Gasteiger partial charge in [-0.2, -0.15) is 24.4 Å². The van der Waals surface area contributed by atoms with Crippen LogP contribution in [0.25, 0.3) is 0 Å². The van der Waals surface area contributed by atoms with Crippen LogP contribution in [0.5, 0.6) is 0 Å². The summed E-state index contributed by atoms with van der Waals surface area (Å²) in [5, 5.41) is 25.3. The Morgan fingerprint density at radius 3 is 1.94 bits per heavy atom. The summed E-state index contributed by atoms with van der Waals surface area (Å²) in [6.07, 6.45) is 1.95. The van der Waals surface area contributed by atoms with E-state index < -0.39 is 53.8 Å². The molecule has 0 fully saturated rings. The first-order valence-corrected chi connectivity index (χ1v) is 12.7. The predicted molar refractivity (Wildman–Crippen MR) is 135 cm³/mol. The van der Waals surface area contributed by atoms with Crippen molar-refractivity contribution in [2.75, 3.05) is 24.3 Å². The number of guanidine groups is 1. The van der Waals surface area contributed by atoms with Gasteiger partial charge in [-0.1, -0.05) is 0 Å². The van der Waals surface area contributed by atoms with Crippen LogP contribution in [0.4, 0.5) is 0 Å². The Kier molecular flexibility index (Phi) is 16.3. The van der Waals surface area contributed by atoms with E-state index in [9.17, 15) is 29.1 Å². The van der Waals surface area contributed by atoms with Crippen molar-refractivity contribution >= 4 is 60.0 Å². The minimum absolute atomic E-state index is 0.0780. The molecule has 0 radical (unpaired) electrons. The van der Waals surface area contributed by atoms with Gasteiger partial charge in [-0.3, -0.25) is 24.2 Å². The van der Waals surface area contributed by atoms with Crippen LogP contribution in [-0.2, 0) is 24.0 Å². The molecule has 0 saturated carbocycles. The molecule has 0 aliphatic rings. The van der Waals surface area contributed by atoms with Gasteiger partial charge >= 0.3 is 11.9 Å². The molecule has 0 aliphatic carbocycles. The fourth-order valence-electron chi connectivity index (χ4n) is 2.70. The number of aliphatic imine (C=N–C) groups is 1. The van der Waals surface area contributed by atoms with Crippen LogP contribution >= 0.6 is 24.4 Å². The molecule has 200 valence electrons. The van der Waals surface area contributed by atoms with Crippen LogP contribution < -0.4 is 33.2 Å². The third kappa shape index (κ3) is 14.3. The average Bonchev–Trinajstić information content (AvgIpc) is 2.79. The van der Waals surface area contributed by atoms with E-state index in [1.165, 1.54) is 11.8 Å². The van der Waals surface area contributed by atoms with Gasteiger partial charge in [0.15, 0.2) is 5.96 Å². The number of nitrogens with zero attached hydrogens (tertiary/aromatic N) is 1. The molecule has 4 unspecified atom stereocenters. The quantitative estimate of drug-likeness (QED) is 0.0381. The second-order valence-electron chi connectivity index (χ2n) is 7.47. The van der Waals surface area contributed by atoms with E-state index in [-0.39, 0.29) is 50.4 Å². The van der Waals surface area contributed by atoms with E-state index in [0.29, 0.717) is 5.75 Å². The van der Waals surface area contributed by atoms with Crippen molar-refractivity contribution in [2.24, 2.45) is 22.2 Å². The second kappa shape index (κ2) is 17.7. The normalized spacial score (nSPS) is 14.0. The molecule has 0 aromatic heterocycles. The second-order valence-corrected chi connectivity index (χ2v) is 8.82. The summed E-state index contributed by atoms with van der Waals surface area (Å²) < 4.78 is 0. The van der Waals surface area contributed by atoms with Crippen LogP contribution in [0, 0.1) is 0 Å². The van der Waals surface area contributed by atoms with Crippen LogP contribution in [0.3, 0.4) is 0 Å². The van der Waals surface area contributed by atoms with Crippen molar-refractivity contribution in [2.45, 2.75) is 56.3 Å². The molecule has 0 spiro atoms. The van der Waals surface area contributed by atoms with Crippen LogP contribution in [0.1, 0.15) is 32.1 Å². The van der Waals surface area contributed by atoms with E-state index in [1.807, 2.05) is 0 Å². The standard InChI is InChI=1S/C19H35N7O7S2/c1-35-8-6-12(24-15(29)10(20)4-5-14(27)28)17(31)25-11(3-2-7-23-19(21)22)16(30)26-13(9-34)18(32)33/h10-13,34H,2-9,20H2,1H3,(H,24,29)(H,25,31)(H,26,30)(H,27,28)(H,32,33)(H4,21,22,23). The van der Waals surface area contributed by atoms with E-state index in [2.05, 4.69) is 33.6 Å². The number of thioether (sulfide) groups is 1. The van der Waals surface area contributed by atoms with Gasteiger partial charge in [-0.25, -0.2) is 4.79 Å². The van der Waals surface area contributed by atoms with Gasteiger partial charge in [0.1, 0.15) is 18.1 Å². The fraction of sp³-hybridized carbons (Fsp3) is 0.684. The fourth-order valence-corrected chi connectivity index (χ4v) is 3.41. The molecule has 35 heavy (non-hydrogen) atoms.